The molecule has 0 aliphatic heterocycles. The van der Waals surface area contributed by atoms with Crippen molar-refractivity contribution < 1.29 is 14.6 Å². The zero-order valence-electron chi connectivity index (χ0n) is 11.5. The third kappa shape index (κ3) is 2.49. The van der Waals surface area contributed by atoms with Gasteiger partial charge in [-0.2, -0.15) is 0 Å². The van der Waals surface area contributed by atoms with E-state index in [0.717, 1.165) is 16.5 Å². The van der Waals surface area contributed by atoms with E-state index in [9.17, 15) is 9.90 Å². The van der Waals surface area contributed by atoms with Gasteiger partial charge in [0.05, 0.1) is 12.2 Å². The second kappa shape index (κ2) is 5.45. The number of hydrogen-bond donors (Lipinski definition) is 1. The van der Waals surface area contributed by atoms with Crippen molar-refractivity contribution in [1.82, 2.24) is 4.57 Å². The number of aromatic carboxylic acids is 1. The van der Waals surface area contributed by atoms with Crippen LogP contribution in [0.3, 0.4) is 0 Å². The Morgan fingerprint density at radius 1 is 1.42 bits per heavy atom. The molecule has 0 spiro atoms. The molecule has 0 aliphatic rings. The van der Waals surface area contributed by atoms with Gasteiger partial charge in [0.15, 0.2) is 0 Å². The summed E-state index contributed by atoms with van der Waals surface area (Å²) in [6, 6.07) is 5.67. The summed E-state index contributed by atoms with van der Waals surface area (Å²) in [4.78, 5) is 11.4. The summed E-state index contributed by atoms with van der Waals surface area (Å²) in [5, 5.41) is 10.1. The van der Waals surface area contributed by atoms with E-state index in [1.165, 1.54) is 0 Å². The Hall–Kier alpha value is -1.81. The molecule has 1 aromatic heterocycles. The fourth-order valence-electron chi connectivity index (χ4n) is 2.32. The van der Waals surface area contributed by atoms with Crippen LogP contribution in [0.1, 0.15) is 42.7 Å². The van der Waals surface area contributed by atoms with Crippen molar-refractivity contribution in [1.29, 1.82) is 0 Å². The molecule has 4 heteroatoms. The molecule has 0 amide bonds. The molecule has 1 heterocycles. The van der Waals surface area contributed by atoms with Crippen molar-refractivity contribution in [3.05, 3.63) is 35.5 Å². The molecule has 0 bridgehead atoms. The Kier molecular flexibility index (Phi) is 3.90. The third-order valence-electron chi connectivity index (χ3n) is 3.19. The molecule has 19 heavy (non-hydrogen) atoms. The van der Waals surface area contributed by atoms with E-state index >= 15 is 0 Å². The van der Waals surface area contributed by atoms with E-state index in [0.29, 0.717) is 18.8 Å². The summed E-state index contributed by atoms with van der Waals surface area (Å²) in [6.07, 6.45) is 2.00. The number of fused-ring (bicyclic) bond motifs is 1. The van der Waals surface area contributed by atoms with Crippen LogP contribution >= 0.6 is 0 Å². The predicted octanol–water partition coefficient (Wildman–Crippen LogP) is 3.46. The van der Waals surface area contributed by atoms with Gasteiger partial charge in [-0.3, -0.25) is 0 Å². The molecule has 0 unspecified atom stereocenters. The maximum Gasteiger partial charge on any atom is 0.336 e. The van der Waals surface area contributed by atoms with Gasteiger partial charge >= 0.3 is 5.97 Å². The van der Waals surface area contributed by atoms with Crippen LogP contribution in [0.15, 0.2) is 24.4 Å². The minimum atomic E-state index is -0.898. The SMILES string of the molecule is CCOCc1cn(C(C)C)c2cccc(C(=O)O)c12. The molecule has 0 radical (unpaired) electrons. The first-order valence-corrected chi connectivity index (χ1v) is 6.49. The fraction of sp³-hybridized carbons (Fsp3) is 0.400. The molecular weight excluding hydrogens is 242 g/mol. The Morgan fingerprint density at radius 3 is 2.74 bits per heavy atom. The van der Waals surface area contributed by atoms with E-state index in [4.69, 9.17) is 4.74 Å². The summed E-state index contributed by atoms with van der Waals surface area (Å²) < 4.78 is 7.54. The zero-order valence-corrected chi connectivity index (χ0v) is 11.5. The van der Waals surface area contributed by atoms with Gasteiger partial charge in [0.1, 0.15) is 0 Å². The molecule has 0 aliphatic carbocycles. The Bertz CT molecular complexity index is 599. The van der Waals surface area contributed by atoms with Crippen molar-refractivity contribution in [2.75, 3.05) is 6.61 Å². The monoisotopic (exact) mass is 261 g/mol. The molecule has 102 valence electrons. The lowest BCUT2D eigenvalue weighted by Gasteiger charge is -2.09. The minimum absolute atomic E-state index is 0.280. The summed E-state index contributed by atoms with van der Waals surface area (Å²) in [7, 11) is 0. The molecule has 4 nitrogen and oxygen atoms in total. The normalized spacial score (nSPS) is 11.4. The lowest BCUT2D eigenvalue weighted by Crippen LogP contribution is -2.00. The number of aromatic nitrogens is 1. The summed E-state index contributed by atoms with van der Waals surface area (Å²) in [5.41, 5.74) is 2.22. The highest BCUT2D eigenvalue weighted by atomic mass is 16.5. The number of ether oxygens (including phenoxy) is 1. The lowest BCUT2D eigenvalue weighted by molar-refractivity contribution is 0.0699. The predicted molar refractivity (Wildman–Crippen MR) is 74.6 cm³/mol. The van der Waals surface area contributed by atoms with Crippen LogP contribution in [0.2, 0.25) is 0 Å². The molecule has 0 atom stereocenters. The van der Waals surface area contributed by atoms with Gasteiger partial charge in [0.25, 0.3) is 0 Å². The number of nitrogens with zero attached hydrogens (tertiary/aromatic N) is 1. The summed E-state index contributed by atoms with van der Waals surface area (Å²) >= 11 is 0. The first-order chi connectivity index (χ1) is 9.06. The van der Waals surface area contributed by atoms with Crippen LogP contribution in [0, 0.1) is 0 Å². The number of hydrogen-bond acceptors (Lipinski definition) is 2. The molecular formula is C15H19NO3. The maximum absolute atomic E-state index is 11.4. The summed E-state index contributed by atoms with van der Waals surface area (Å²) in [6.45, 7) is 7.15. The van der Waals surface area contributed by atoms with Gasteiger partial charge in [-0.1, -0.05) is 6.07 Å². The highest BCUT2D eigenvalue weighted by Gasteiger charge is 2.17. The van der Waals surface area contributed by atoms with Crippen LogP contribution in [0.25, 0.3) is 10.9 Å². The van der Waals surface area contributed by atoms with E-state index in [1.54, 1.807) is 12.1 Å². The van der Waals surface area contributed by atoms with Crippen LogP contribution in [0.4, 0.5) is 0 Å². The highest BCUT2D eigenvalue weighted by Crippen LogP contribution is 2.28. The maximum atomic E-state index is 11.4. The van der Waals surface area contributed by atoms with Crippen LogP contribution < -0.4 is 0 Å². The molecule has 1 aromatic carbocycles. The number of carbonyl (C=O) groups is 1. The highest BCUT2D eigenvalue weighted by molar-refractivity contribution is 6.04. The van der Waals surface area contributed by atoms with Crippen molar-refractivity contribution in [2.45, 2.75) is 33.4 Å². The first-order valence-electron chi connectivity index (χ1n) is 6.49. The van der Waals surface area contributed by atoms with Gasteiger partial charge in [0.2, 0.25) is 0 Å². The van der Waals surface area contributed by atoms with E-state index in [-0.39, 0.29) is 6.04 Å². The third-order valence-corrected chi connectivity index (χ3v) is 3.19. The molecule has 2 rings (SSSR count). The zero-order chi connectivity index (χ0) is 14.0. The van der Waals surface area contributed by atoms with Crippen molar-refractivity contribution in [2.24, 2.45) is 0 Å². The van der Waals surface area contributed by atoms with Crippen LogP contribution in [-0.2, 0) is 11.3 Å². The van der Waals surface area contributed by atoms with Gasteiger partial charge in [-0.05, 0) is 32.9 Å². The van der Waals surface area contributed by atoms with Gasteiger partial charge in [0, 0.05) is 35.3 Å². The number of benzene rings is 1. The first kappa shape index (κ1) is 13.6. The van der Waals surface area contributed by atoms with Crippen molar-refractivity contribution >= 4 is 16.9 Å². The van der Waals surface area contributed by atoms with E-state index < -0.39 is 5.97 Å². The average molecular weight is 261 g/mol. The van der Waals surface area contributed by atoms with E-state index in [2.05, 4.69) is 18.4 Å². The van der Waals surface area contributed by atoms with Crippen LogP contribution in [-0.4, -0.2) is 22.2 Å². The molecule has 1 N–H and O–H groups in total. The molecule has 2 aromatic rings. The largest absolute Gasteiger partial charge is 0.478 e. The van der Waals surface area contributed by atoms with Gasteiger partial charge < -0.3 is 14.4 Å². The second-order valence-corrected chi connectivity index (χ2v) is 4.80. The van der Waals surface area contributed by atoms with Crippen molar-refractivity contribution in [3.8, 4) is 0 Å². The Balaban J connectivity index is 2.68. The number of carboxylic acid groups (broad SMARTS) is 1. The van der Waals surface area contributed by atoms with Crippen LogP contribution in [0.5, 0.6) is 0 Å². The second-order valence-electron chi connectivity index (χ2n) is 4.80. The Labute approximate surface area is 112 Å². The topological polar surface area (TPSA) is 51.5 Å². The van der Waals surface area contributed by atoms with Gasteiger partial charge in [-0.25, -0.2) is 4.79 Å². The molecule has 0 fully saturated rings. The smallest absolute Gasteiger partial charge is 0.336 e. The van der Waals surface area contributed by atoms with Crippen molar-refractivity contribution in [3.63, 3.8) is 0 Å². The van der Waals surface area contributed by atoms with Gasteiger partial charge in [-0.15, -0.1) is 0 Å². The minimum Gasteiger partial charge on any atom is -0.478 e. The Morgan fingerprint density at radius 2 is 2.16 bits per heavy atom. The summed E-state index contributed by atoms with van der Waals surface area (Å²) in [5.74, 6) is -0.898. The quantitative estimate of drug-likeness (QED) is 0.896. The lowest BCUT2D eigenvalue weighted by atomic mass is 10.1. The average Bonchev–Trinajstić information content (AvgIpc) is 2.75. The standard InChI is InChI=1S/C15H19NO3/c1-4-19-9-11-8-16(10(2)3)13-7-5-6-12(14(11)13)15(17)18/h5-8,10H,4,9H2,1-3H3,(H,17,18). The fourth-order valence-corrected chi connectivity index (χ4v) is 2.32. The van der Waals surface area contributed by atoms with E-state index in [1.807, 2.05) is 19.2 Å². The number of carboxylic acids is 1. The number of rotatable bonds is 5. The molecule has 0 saturated heterocycles. The molecule has 0 saturated carbocycles.